The Balaban J connectivity index is 1.34. The first-order valence-electron chi connectivity index (χ1n) is 12.7. The normalized spacial score (nSPS) is 16.8. The van der Waals surface area contributed by atoms with Crippen LogP contribution in [0.15, 0.2) is 66.0 Å². The quantitative estimate of drug-likeness (QED) is 0.335. The van der Waals surface area contributed by atoms with Crippen LogP contribution in [0.2, 0.25) is 0 Å². The number of benzene rings is 2. The lowest BCUT2D eigenvalue weighted by Gasteiger charge is -2.28. The van der Waals surface area contributed by atoms with Gasteiger partial charge in [-0.3, -0.25) is 14.4 Å². The number of hydrogen-bond donors (Lipinski definition) is 4. The van der Waals surface area contributed by atoms with Crippen LogP contribution in [-0.4, -0.2) is 57.6 Å². The summed E-state index contributed by atoms with van der Waals surface area (Å²) in [5, 5.41) is 28.3. The highest BCUT2D eigenvalue weighted by atomic mass is 32.1. The lowest BCUT2D eigenvalue weighted by Crippen LogP contribution is -2.50. The number of thiophene rings is 1. The predicted molar refractivity (Wildman–Crippen MR) is 146 cm³/mol. The minimum Gasteiger partial charge on any atom is -0.380 e. The van der Waals surface area contributed by atoms with Crippen molar-refractivity contribution >= 4 is 29.1 Å². The van der Waals surface area contributed by atoms with Crippen molar-refractivity contribution in [1.29, 1.82) is 0 Å². The standard InChI is InChI=1S/C29H33N3O5S/c1-18(2)31-28(36)26-22(14-16-38-26)20-12-10-19(11-13-20)17-30-27(35)24(33)25(34)29(37)32-15-6-9-23(32)21-7-4-3-5-8-21/h3-5,7-8,10-14,16,18,23-25,33-34H,6,9,15,17H2,1-2H3,(H,30,35)(H,31,36)/t23?,24-,25-/m1/s1. The maximum absolute atomic E-state index is 12.9. The van der Waals surface area contributed by atoms with Crippen molar-refractivity contribution in [1.82, 2.24) is 15.5 Å². The minimum atomic E-state index is -1.88. The van der Waals surface area contributed by atoms with Gasteiger partial charge >= 0.3 is 0 Å². The average Bonchev–Trinajstić information content (AvgIpc) is 3.61. The van der Waals surface area contributed by atoms with Crippen molar-refractivity contribution in [2.75, 3.05) is 6.54 Å². The molecule has 3 aromatic rings. The molecule has 3 atom stereocenters. The zero-order valence-electron chi connectivity index (χ0n) is 21.5. The molecule has 1 aliphatic rings. The SMILES string of the molecule is CC(C)NC(=O)c1sccc1-c1ccc(CNC(=O)[C@H](O)[C@@H](O)C(=O)N2CCCC2c2ccccc2)cc1. The molecule has 0 spiro atoms. The van der Waals surface area contributed by atoms with Crippen LogP contribution < -0.4 is 10.6 Å². The summed E-state index contributed by atoms with van der Waals surface area (Å²) in [4.78, 5) is 40.1. The fourth-order valence-corrected chi connectivity index (χ4v) is 5.46. The Morgan fingerprint density at radius 3 is 2.39 bits per heavy atom. The molecule has 2 aromatic carbocycles. The van der Waals surface area contributed by atoms with Gasteiger partial charge in [0, 0.05) is 24.7 Å². The molecular weight excluding hydrogens is 502 g/mol. The molecule has 1 aliphatic heterocycles. The zero-order chi connectivity index (χ0) is 27.2. The molecule has 0 aliphatic carbocycles. The number of carbonyl (C=O) groups is 3. The van der Waals surface area contributed by atoms with Crippen LogP contribution in [0.25, 0.3) is 11.1 Å². The molecule has 8 nitrogen and oxygen atoms in total. The molecule has 1 aromatic heterocycles. The fraction of sp³-hybridized carbons (Fsp3) is 0.345. The number of hydrogen-bond acceptors (Lipinski definition) is 6. The molecule has 1 saturated heterocycles. The number of likely N-dealkylation sites (tertiary alicyclic amines) is 1. The number of rotatable bonds is 9. The van der Waals surface area contributed by atoms with E-state index >= 15 is 0 Å². The van der Waals surface area contributed by atoms with Gasteiger partial charge in [-0.1, -0.05) is 54.6 Å². The maximum atomic E-state index is 12.9. The van der Waals surface area contributed by atoms with Crippen molar-refractivity contribution < 1.29 is 24.6 Å². The van der Waals surface area contributed by atoms with E-state index < -0.39 is 24.0 Å². The van der Waals surface area contributed by atoms with E-state index in [1.807, 2.05) is 79.9 Å². The molecule has 3 amide bonds. The lowest BCUT2D eigenvalue weighted by molar-refractivity contribution is -0.153. The summed E-state index contributed by atoms with van der Waals surface area (Å²) >= 11 is 1.38. The van der Waals surface area contributed by atoms with Gasteiger partial charge in [-0.25, -0.2) is 0 Å². The zero-order valence-corrected chi connectivity index (χ0v) is 22.3. The first-order chi connectivity index (χ1) is 18.3. The Morgan fingerprint density at radius 2 is 1.71 bits per heavy atom. The van der Waals surface area contributed by atoms with Crippen LogP contribution in [0.1, 0.15) is 53.5 Å². The van der Waals surface area contributed by atoms with Gasteiger partial charge in [0.1, 0.15) is 0 Å². The molecule has 9 heteroatoms. The fourth-order valence-electron chi connectivity index (χ4n) is 4.64. The number of amides is 3. The third-order valence-electron chi connectivity index (χ3n) is 6.56. The Bertz CT molecular complexity index is 1260. The van der Waals surface area contributed by atoms with Crippen LogP contribution in [0.4, 0.5) is 0 Å². The minimum absolute atomic E-state index is 0.0354. The Hall–Kier alpha value is -3.53. The number of aliphatic hydroxyl groups excluding tert-OH is 2. The van der Waals surface area contributed by atoms with E-state index in [1.54, 1.807) is 0 Å². The molecule has 38 heavy (non-hydrogen) atoms. The molecule has 0 radical (unpaired) electrons. The average molecular weight is 536 g/mol. The van der Waals surface area contributed by atoms with Gasteiger partial charge in [0.15, 0.2) is 12.2 Å². The highest BCUT2D eigenvalue weighted by molar-refractivity contribution is 7.12. The van der Waals surface area contributed by atoms with E-state index in [-0.39, 0.29) is 24.5 Å². The van der Waals surface area contributed by atoms with Crippen molar-refractivity contribution in [3.8, 4) is 11.1 Å². The van der Waals surface area contributed by atoms with Crippen molar-refractivity contribution in [2.45, 2.75) is 57.5 Å². The van der Waals surface area contributed by atoms with Crippen LogP contribution in [0.5, 0.6) is 0 Å². The van der Waals surface area contributed by atoms with Crippen LogP contribution in [0, 0.1) is 0 Å². The predicted octanol–water partition coefficient (Wildman–Crippen LogP) is 3.26. The summed E-state index contributed by atoms with van der Waals surface area (Å²) in [6, 6.07) is 18.6. The highest BCUT2D eigenvalue weighted by Gasteiger charge is 2.38. The molecule has 0 bridgehead atoms. The van der Waals surface area contributed by atoms with E-state index in [4.69, 9.17) is 0 Å². The smallest absolute Gasteiger partial charge is 0.262 e. The van der Waals surface area contributed by atoms with Gasteiger partial charge < -0.3 is 25.7 Å². The molecule has 4 rings (SSSR count). The molecule has 1 unspecified atom stereocenters. The number of aliphatic hydroxyl groups is 2. The lowest BCUT2D eigenvalue weighted by atomic mass is 10.0. The Morgan fingerprint density at radius 1 is 1.00 bits per heavy atom. The topological polar surface area (TPSA) is 119 Å². The van der Waals surface area contributed by atoms with Gasteiger partial charge in [-0.2, -0.15) is 0 Å². The molecule has 1 fully saturated rings. The van der Waals surface area contributed by atoms with Crippen molar-refractivity contribution in [3.05, 3.63) is 82.0 Å². The van der Waals surface area contributed by atoms with Crippen LogP contribution in [-0.2, 0) is 16.1 Å². The highest BCUT2D eigenvalue weighted by Crippen LogP contribution is 2.32. The van der Waals surface area contributed by atoms with Gasteiger partial charge in [-0.05, 0) is 54.8 Å². The largest absolute Gasteiger partial charge is 0.380 e. The van der Waals surface area contributed by atoms with Gasteiger partial charge in [0.25, 0.3) is 17.7 Å². The third kappa shape index (κ3) is 6.30. The Kier molecular flexibility index (Phi) is 8.93. The van der Waals surface area contributed by atoms with Crippen LogP contribution in [0.3, 0.4) is 0 Å². The molecule has 200 valence electrons. The van der Waals surface area contributed by atoms with Gasteiger partial charge in [-0.15, -0.1) is 11.3 Å². The summed E-state index contributed by atoms with van der Waals surface area (Å²) in [6.45, 7) is 4.39. The molecular formula is C29H33N3O5S. The van der Waals surface area contributed by atoms with Crippen molar-refractivity contribution in [2.24, 2.45) is 0 Å². The summed E-state index contributed by atoms with van der Waals surface area (Å²) in [5.41, 5.74) is 3.43. The first-order valence-corrected chi connectivity index (χ1v) is 13.6. The van der Waals surface area contributed by atoms with E-state index in [2.05, 4.69) is 10.6 Å². The summed E-state index contributed by atoms with van der Waals surface area (Å²) in [7, 11) is 0. The van der Waals surface area contributed by atoms with Crippen molar-refractivity contribution in [3.63, 3.8) is 0 Å². The Labute approximate surface area is 226 Å². The molecule has 0 saturated carbocycles. The number of nitrogens with one attached hydrogen (secondary N) is 2. The number of carbonyl (C=O) groups excluding carboxylic acids is 3. The van der Waals surface area contributed by atoms with E-state index in [1.165, 1.54) is 16.2 Å². The molecule has 4 N–H and O–H groups in total. The third-order valence-corrected chi connectivity index (χ3v) is 7.48. The summed E-state index contributed by atoms with van der Waals surface area (Å²) < 4.78 is 0. The molecule has 2 heterocycles. The van der Waals surface area contributed by atoms with Gasteiger partial charge in [0.05, 0.1) is 10.9 Å². The van der Waals surface area contributed by atoms with Crippen LogP contribution >= 0.6 is 11.3 Å². The monoisotopic (exact) mass is 535 g/mol. The maximum Gasteiger partial charge on any atom is 0.262 e. The van der Waals surface area contributed by atoms with E-state index in [9.17, 15) is 24.6 Å². The summed E-state index contributed by atoms with van der Waals surface area (Å²) in [6.07, 6.45) is -2.19. The second-order valence-electron chi connectivity index (χ2n) is 9.70. The first kappa shape index (κ1) is 27.5. The number of nitrogens with zero attached hydrogens (tertiary/aromatic N) is 1. The van der Waals surface area contributed by atoms with Gasteiger partial charge in [0.2, 0.25) is 0 Å². The second-order valence-corrected chi connectivity index (χ2v) is 10.6. The summed E-state index contributed by atoms with van der Waals surface area (Å²) in [5.74, 6) is -1.60. The van der Waals surface area contributed by atoms with E-state index in [0.717, 1.165) is 35.1 Å². The van der Waals surface area contributed by atoms with E-state index in [0.29, 0.717) is 11.4 Å². The second kappa shape index (κ2) is 12.3.